The van der Waals surface area contributed by atoms with Crippen LogP contribution >= 0.6 is 0 Å². The highest BCUT2D eigenvalue weighted by atomic mass is 16.5. The number of piperidine rings is 1. The van der Waals surface area contributed by atoms with Gasteiger partial charge in [0.25, 0.3) is 0 Å². The van der Waals surface area contributed by atoms with Crippen LogP contribution in [0.1, 0.15) is 26.7 Å². The zero-order chi connectivity index (χ0) is 15.1. The number of aliphatic carboxylic acids is 1. The maximum atomic E-state index is 12.3. The number of urea groups is 1. The van der Waals surface area contributed by atoms with Crippen molar-refractivity contribution in [3.8, 4) is 0 Å². The number of hydrogen-bond acceptors (Lipinski definition) is 3. The van der Waals surface area contributed by atoms with Gasteiger partial charge in [-0.2, -0.15) is 0 Å². The second-order valence-electron chi connectivity index (χ2n) is 5.66. The standard InChI is InChI=1S/C14H26N2O4/c1-11(2)12-4-6-15(7-5-12)14(19)16(8-9-20-3)10-13(17)18/h11-12H,4-10H2,1-3H3,(H,17,18). The van der Waals surface area contributed by atoms with Crippen molar-refractivity contribution in [2.75, 3.05) is 39.9 Å². The van der Waals surface area contributed by atoms with Crippen molar-refractivity contribution < 1.29 is 19.4 Å². The number of ether oxygens (including phenoxy) is 1. The third-order valence-corrected chi connectivity index (χ3v) is 3.91. The van der Waals surface area contributed by atoms with Crippen LogP contribution in [0.4, 0.5) is 4.79 Å². The molecule has 0 saturated carbocycles. The minimum absolute atomic E-state index is 0.188. The van der Waals surface area contributed by atoms with Gasteiger partial charge < -0.3 is 19.6 Å². The molecule has 2 amide bonds. The molecule has 6 nitrogen and oxygen atoms in total. The van der Waals surface area contributed by atoms with Gasteiger partial charge in [-0.3, -0.25) is 4.79 Å². The number of rotatable bonds is 6. The fraction of sp³-hybridized carbons (Fsp3) is 0.857. The first-order valence-electron chi connectivity index (χ1n) is 7.20. The van der Waals surface area contributed by atoms with Crippen LogP contribution in [0, 0.1) is 11.8 Å². The SMILES string of the molecule is COCCN(CC(=O)O)C(=O)N1CCC(C(C)C)CC1. The van der Waals surface area contributed by atoms with Gasteiger partial charge in [0, 0.05) is 26.7 Å². The van der Waals surface area contributed by atoms with Crippen molar-refractivity contribution in [3.05, 3.63) is 0 Å². The Labute approximate surface area is 120 Å². The molecule has 1 aliphatic heterocycles. The number of likely N-dealkylation sites (tertiary alicyclic amines) is 1. The summed E-state index contributed by atoms with van der Waals surface area (Å²) in [6, 6.07) is -0.188. The number of carbonyl (C=O) groups is 2. The highest BCUT2D eigenvalue weighted by Gasteiger charge is 2.28. The van der Waals surface area contributed by atoms with Crippen LogP contribution in [0.25, 0.3) is 0 Å². The Kier molecular flexibility index (Phi) is 6.78. The zero-order valence-corrected chi connectivity index (χ0v) is 12.7. The van der Waals surface area contributed by atoms with E-state index in [0.29, 0.717) is 38.1 Å². The van der Waals surface area contributed by atoms with Crippen LogP contribution in [0.3, 0.4) is 0 Å². The Bertz CT molecular complexity index is 325. The lowest BCUT2D eigenvalue weighted by molar-refractivity contribution is -0.137. The molecule has 116 valence electrons. The molecule has 20 heavy (non-hydrogen) atoms. The fourth-order valence-corrected chi connectivity index (χ4v) is 2.56. The summed E-state index contributed by atoms with van der Waals surface area (Å²) in [5.74, 6) is 0.299. The molecule has 1 aliphatic rings. The number of carbonyl (C=O) groups excluding carboxylic acids is 1. The van der Waals surface area contributed by atoms with Crippen molar-refractivity contribution in [2.45, 2.75) is 26.7 Å². The Hall–Kier alpha value is -1.30. The Balaban J connectivity index is 2.54. The number of nitrogens with zero attached hydrogens (tertiary/aromatic N) is 2. The van der Waals surface area contributed by atoms with Gasteiger partial charge in [-0.05, 0) is 24.7 Å². The Morgan fingerprint density at radius 1 is 1.35 bits per heavy atom. The summed E-state index contributed by atoms with van der Waals surface area (Å²) in [5.41, 5.74) is 0. The molecule has 0 aliphatic carbocycles. The first kappa shape index (κ1) is 16.8. The smallest absolute Gasteiger partial charge is 0.323 e. The van der Waals surface area contributed by atoms with Gasteiger partial charge in [-0.25, -0.2) is 4.79 Å². The lowest BCUT2D eigenvalue weighted by Crippen LogP contribution is -2.49. The van der Waals surface area contributed by atoms with E-state index >= 15 is 0 Å². The fourth-order valence-electron chi connectivity index (χ4n) is 2.56. The number of carboxylic acids is 1. The molecule has 0 aromatic carbocycles. The molecule has 0 aromatic heterocycles. The van der Waals surface area contributed by atoms with E-state index in [-0.39, 0.29) is 12.6 Å². The first-order valence-corrected chi connectivity index (χ1v) is 7.20. The molecule has 1 heterocycles. The minimum atomic E-state index is -0.994. The van der Waals surface area contributed by atoms with Gasteiger partial charge in [0.15, 0.2) is 0 Å². The Morgan fingerprint density at radius 3 is 2.40 bits per heavy atom. The van der Waals surface area contributed by atoms with E-state index in [9.17, 15) is 9.59 Å². The van der Waals surface area contributed by atoms with E-state index in [2.05, 4.69) is 13.8 Å². The van der Waals surface area contributed by atoms with Crippen LogP contribution in [-0.4, -0.2) is 66.8 Å². The molecule has 0 unspecified atom stereocenters. The van der Waals surface area contributed by atoms with E-state index < -0.39 is 5.97 Å². The second kappa shape index (κ2) is 8.09. The summed E-state index contributed by atoms with van der Waals surface area (Å²) in [6.45, 7) is 6.23. The highest BCUT2D eigenvalue weighted by molar-refractivity contribution is 5.80. The van der Waals surface area contributed by atoms with Gasteiger partial charge in [-0.1, -0.05) is 13.8 Å². The minimum Gasteiger partial charge on any atom is -0.480 e. The molecule has 1 saturated heterocycles. The summed E-state index contributed by atoms with van der Waals surface area (Å²) < 4.78 is 4.93. The topological polar surface area (TPSA) is 70.1 Å². The van der Waals surface area contributed by atoms with Crippen molar-refractivity contribution in [2.24, 2.45) is 11.8 Å². The van der Waals surface area contributed by atoms with Gasteiger partial charge in [0.05, 0.1) is 6.61 Å². The van der Waals surface area contributed by atoms with Crippen LogP contribution < -0.4 is 0 Å². The molecule has 1 fully saturated rings. The second-order valence-corrected chi connectivity index (χ2v) is 5.66. The van der Waals surface area contributed by atoms with Gasteiger partial charge >= 0.3 is 12.0 Å². The molecule has 0 spiro atoms. The lowest BCUT2D eigenvalue weighted by Gasteiger charge is -2.36. The quantitative estimate of drug-likeness (QED) is 0.803. The molecule has 0 bridgehead atoms. The predicted molar refractivity (Wildman–Crippen MR) is 75.6 cm³/mol. The normalized spacial score (nSPS) is 16.5. The van der Waals surface area contributed by atoms with E-state index in [1.165, 1.54) is 12.0 Å². The van der Waals surface area contributed by atoms with Gasteiger partial charge in [0.2, 0.25) is 0 Å². The largest absolute Gasteiger partial charge is 0.480 e. The molecule has 0 aromatic rings. The van der Waals surface area contributed by atoms with E-state index in [1.54, 1.807) is 4.90 Å². The van der Waals surface area contributed by atoms with Crippen molar-refractivity contribution in [1.82, 2.24) is 9.80 Å². The molecular weight excluding hydrogens is 260 g/mol. The molecule has 1 N–H and O–H groups in total. The maximum absolute atomic E-state index is 12.3. The van der Waals surface area contributed by atoms with Crippen LogP contribution in [-0.2, 0) is 9.53 Å². The molecule has 0 atom stereocenters. The highest BCUT2D eigenvalue weighted by Crippen LogP contribution is 2.24. The summed E-state index contributed by atoms with van der Waals surface area (Å²) in [7, 11) is 1.54. The van der Waals surface area contributed by atoms with Gasteiger partial charge in [-0.15, -0.1) is 0 Å². The summed E-state index contributed by atoms with van der Waals surface area (Å²) in [6.07, 6.45) is 1.99. The van der Waals surface area contributed by atoms with Crippen LogP contribution in [0.2, 0.25) is 0 Å². The van der Waals surface area contributed by atoms with Crippen LogP contribution in [0.15, 0.2) is 0 Å². The van der Waals surface area contributed by atoms with E-state index in [1.807, 2.05) is 0 Å². The molecule has 1 rings (SSSR count). The summed E-state index contributed by atoms with van der Waals surface area (Å²) >= 11 is 0. The zero-order valence-electron chi connectivity index (χ0n) is 12.7. The van der Waals surface area contributed by atoms with Crippen molar-refractivity contribution in [1.29, 1.82) is 0 Å². The van der Waals surface area contributed by atoms with E-state index in [4.69, 9.17) is 9.84 Å². The molecular formula is C14H26N2O4. The number of carboxylic acid groups (broad SMARTS) is 1. The summed E-state index contributed by atoms with van der Waals surface area (Å²) in [4.78, 5) is 26.3. The average Bonchev–Trinajstić information content (AvgIpc) is 2.42. The van der Waals surface area contributed by atoms with Crippen molar-refractivity contribution >= 4 is 12.0 Å². The number of methoxy groups -OCH3 is 1. The van der Waals surface area contributed by atoms with Gasteiger partial charge in [0.1, 0.15) is 6.54 Å². The molecule has 0 radical (unpaired) electrons. The average molecular weight is 286 g/mol. The number of amides is 2. The number of hydrogen-bond donors (Lipinski definition) is 1. The van der Waals surface area contributed by atoms with E-state index in [0.717, 1.165) is 12.8 Å². The predicted octanol–water partition coefficient (Wildman–Crippen LogP) is 1.51. The molecule has 6 heteroatoms. The third kappa shape index (κ3) is 5.00. The summed E-state index contributed by atoms with van der Waals surface area (Å²) in [5, 5.41) is 8.89. The van der Waals surface area contributed by atoms with Crippen molar-refractivity contribution in [3.63, 3.8) is 0 Å². The van der Waals surface area contributed by atoms with Crippen LogP contribution in [0.5, 0.6) is 0 Å². The Morgan fingerprint density at radius 2 is 1.95 bits per heavy atom. The lowest BCUT2D eigenvalue weighted by atomic mass is 9.87. The maximum Gasteiger partial charge on any atom is 0.323 e. The monoisotopic (exact) mass is 286 g/mol. The third-order valence-electron chi connectivity index (χ3n) is 3.91. The first-order chi connectivity index (χ1) is 9.45.